The second-order valence-electron chi connectivity index (χ2n) is 7.47. The summed E-state index contributed by atoms with van der Waals surface area (Å²) in [4.78, 5) is 11.8. The summed E-state index contributed by atoms with van der Waals surface area (Å²) in [5.41, 5.74) is -0.474. The van der Waals surface area contributed by atoms with E-state index in [0.29, 0.717) is 13.0 Å². The summed E-state index contributed by atoms with van der Waals surface area (Å²) in [5, 5.41) is 9.23. The quantitative estimate of drug-likeness (QED) is 0.688. The van der Waals surface area contributed by atoms with Crippen molar-refractivity contribution < 1.29 is 22.7 Å². The highest BCUT2D eigenvalue weighted by molar-refractivity contribution is 7.89. The molecule has 148 valence electrons. The van der Waals surface area contributed by atoms with E-state index >= 15 is 0 Å². The lowest BCUT2D eigenvalue weighted by molar-refractivity contribution is -0.160. The molecule has 0 amide bonds. The van der Waals surface area contributed by atoms with Crippen molar-refractivity contribution in [1.29, 1.82) is 5.26 Å². The van der Waals surface area contributed by atoms with Crippen LogP contribution in [-0.2, 0) is 24.3 Å². The zero-order chi connectivity index (χ0) is 20.1. The van der Waals surface area contributed by atoms with Crippen LogP contribution in [0.2, 0.25) is 0 Å². The third-order valence-corrected chi connectivity index (χ3v) is 6.13. The first-order valence-corrected chi connectivity index (χ1v) is 10.4. The van der Waals surface area contributed by atoms with Crippen LogP contribution in [0, 0.1) is 11.3 Å². The fourth-order valence-electron chi connectivity index (χ4n) is 3.02. The predicted octanol–water partition coefficient (Wildman–Crippen LogP) is 2.46. The van der Waals surface area contributed by atoms with E-state index in [1.807, 2.05) is 6.07 Å². The number of benzene rings is 1. The van der Waals surface area contributed by atoms with Crippen molar-refractivity contribution in [2.24, 2.45) is 0 Å². The van der Waals surface area contributed by atoms with Gasteiger partial charge in [-0.25, -0.2) is 13.2 Å². The Morgan fingerprint density at radius 3 is 2.67 bits per heavy atom. The highest BCUT2D eigenvalue weighted by atomic mass is 32.2. The molecule has 0 radical (unpaired) electrons. The summed E-state index contributed by atoms with van der Waals surface area (Å²) in [6, 6.07) is 7.73. The SMILES string of the molecule is CC(C)(C)OC(=O)COCC1CCCCN1S(=O)(=O)c1ccccc1C#N. The number of carbonyl (C=O) groups excluding carboxylic acids is 1. The lowest BCUT2D eigenvalue weighted by atomic mass is 10.1. The summed E-state index contributed by atoms with van der Waals surface area (Å²) in [6.07, 6.45) is 2.27. The van der Waals surface area contributed by atoms with Crippen LogP contribution in [-0.4, -0.2) is 50.1 Å². The van der Waals surface area contributed by atoms with Gasteiger partial charge in [-0.15, -0.1) is 0 Å². The summed E-state index contributed by atoms with van der Waals surface area (Å²) in [7, 11) is -3.82. The van der Waals surface area contributed by atoms with Crippen LogP contribution in [0.5, 0.6) is 0 Å². The topological polar surface area (TPSA) is 96.7 Å². The van der Waals surface area contributed by atoms with Crippen molar-refractivity contribution in [3.8, 4) is 6.07 Å². The van der Waals surface area contributed by atoms with Crippen LogP contribution in [0.4, 0.5) is 0 Å². The number of sulfonamides is 1. The Bertz CT molecular complexity index is 808. The minimum absolute atomic E-state index is 0.00606. The summed E-state index contributed by atoms with van der Waals surface area (Å²) in [5.74, 6) is -0.484. The van der Waals surface area contributed by atoms with E-state index in [2.05, 4.69) is 0 Å². The lowest BCUT2D eigenvalue weighted by Crippen LogP contribution is -2.46. The molecule has 1 atom stereocenters. The van der Waals surface area contributed by atoms with Gasteiger partial charge >= 0.3 is 5.97 Å². The molecule has 0 bridgehead atoms. The average molecular weight is 394 g/mol. The molecule has 27 heavy (non-hydrogen) atoms. The molecule has 1 aliphatic heterocycles. The first-order chi connectivity index (χ1) is 12.6. The maximum atomic E-state index is 13.1. The molecular formula is C19H26N2O5S. The minimum atomic E-state index is -3.82. The largest absolute Gasteiger partial charge is 0.458 e. The maximum absolute atomic E-state index is 13.1. The average Bonchev–Trinajstić information content (AvgIpc) is 2.60. The van der Waals surface area contributed by atoms with Gasteiger partial charge in [0.2, 0.25) is 10.0 Å². The first-order valence-electron chi connectivity index (χ1n) is 8.96. The molecule has 1 heterocycles. The molecule has 0 spiro atoms. The maximum Gasteiger partial charge on any atom is 0.332 e. The Labute approximate surface area is 160 Å². The lowest BCUT2D eigenvalue weighted by Gasteiger charge is -2.34. The molecule has 1 aromatic rings. The summed E-state index contributed by atoms with van der Waals surface area (Å²) < 4.78 is 38.2. The Balaban J connectivity index is 2.08. The van der Waals surface area contributed by atoms with Crippen molar-refractivity contribution in [1.82, 2.24) is 4.31 Å². The van der Waals surface area contributed by atoms with Crippen LogP contribution in [0.1, 0.15) is 45.6 Å². The van der Waals surface area contributed by atoms with E-state index in [1.54, 1.807) is 32.9 Å². The third kappa shape index (κ3) is 5.76. The number of esters is 1. The van der Waals surface area contributed by atoms with E-state index in [-0.39, 0.29) is 29.7 Å². The number of rotatable bonds is 6. The molecule has 0 N–H and O–H groups in total. The number of hydrogen-bond acceptors (Lipinski definition) is 6. The number of ether oxygens (including phenoxy) is 2. The van der Waals surface area contributed by atoms with Gasteiger partial charge in [-0.2, -0.15) is 9.57 Å². The third-order valence-electron chi connectivity index (χ3n) is 4.12. The van der Waals surface area contributed by atoms with Gasteiger partial charge < -0.3 is 9.47 Å². The summed E-state index contributed by atoms with van der Waals surface area (Å²) >= 11 is 0. The number of nitrogens with zero attached hydrogens (tertiary/aromatic N) is 2. The fraction of sp³-hybridized carbons (Fsp3) is 0.579. The minimum Gasteiger partial charge on any atom is -0.458 e. The number of piperidine rings is 1. The van der Waals surface area contributed by atoms with Crippen LogP contribution in [0.25, 0.3) is 0 Å². The Kier molecular flexibility index (Phi) is 6.98. The van der Waals surface area contributed by atoms with Crippen molar-refractivity contribution in [3.05, 3.63) is 29.8 Å². The zero-order valence-electron chi connectivity index (χ0n) is 16.0. The fourth-order valence-corrected chi connectivity index (χ4v) is 4.84. The van der Waals surface area contributed by atoms with Crippen molar-refractivity contribution in [2.75, 3.05) is 19.8 Å². The number of nitriles is 1. The molecule has 0 aliphatic carbocycles. The van der Waals surface area contributed by atoms with Crippen LogP contribution in [0.3, 0.4) is 0 Å². The van der Waals surface area contributed by atoms with Gasteiger partial charge in [0.15, 0.2) is 0 Å². The van der Waals surface area contributed by atoms with Gasteiger partial charge in [0.25, 0.3) is 0 Å². The molecule has 0 aromatic heterocycles. The summed E-state index contributed by atoms with van der Waals surface area (Å²) in [6.45, 7) is 5.55. The molecule has 7 nitrogen and oxygen atoms in total. The van der Waals surface area contributed by atoms with E-state index in [9.17, 15) is 18.5 Å². The van der Waals surface area contributed by atoms with E-state index < -0.39 is 21.6 Å². The molecule has 1 aromatic carbocycles. The molecule has 1 aliphatic rings. The highest BCUT2D eigenvalue weighted by Crippen LogP contribution is 2.27. The Hall–Kier alpha value is -1.95. The van der Waals surface area contributed by atoms with Gasteiger partial charge in [0, 0.05) is 12.6 Å². The van der Waals surface area contributed by atoms with Gasteiger partial charge in [0.05, 0.1) is 17.1 Å². The van der Waals surface area contributed by atoms with E-state index in [4.69, 9.17) is 9.47 Å². The van der Waals surface area contributed by atoms with Crippen molar-refractivity contribution in [3.63, 3.8) is 0 Å². The molecule has 2 rings (SSSR count). The van der Waals surface area contributed by atoms with Crippen molar-refractivity contribution >= 4 is 16.0 Å². The van der Waals surface area contributed by atoms with Gasteiger partial charge in [0.1, 0.15) is 18.3 Å². The van der Waals surface area contributed by atoms with Gasteiger partial charge in [-0.1, -0.05) is 18.6 Å². The number of hydrogen-bond donors (Lipinski definition) is 0. The smallest absolute Gasteiger partial charge is 0.332 e. The second kappa shape index (κ2) is 8.83. The zero-order valence-corrected chi connectivity index (χ0v) is 16.8. The molecular weight excluding hydrogens is 368 g/mol. The Morgan fingerprint density at radius 2 is 2.00 bits per heavy atom. The molecule has 1 saturated heterocycles. The van der Waals surface area contributed by atoms with Crippen LogP contribution < -0.4 is 0 Å². The highest BCUT2D eigenvalue weighted by Gasteiger charge is 2.35. The van der Waals surface area contributed by atoms with Gasteiger partial charge in [-0.3, -0.25) is 0 Å². The first kappa shape index (κ1) is 21.4. The number of carbonyl (C=O) groups is 1. The molecule has 1 fully saturated rings. The molecule has 1 unspecified atom stereocenters. The van der Waals surface area contributed by atoms with E-state index in [1.165, 1.54) is 16.4 Å². The molecule has 8 heteroatoms. The standard InChI is InChI=1S/C19H26N2O5S/c1-19(2,3)26-18(22)14-25-13-16-9-6-7-11-21(16)27(23,24)17-10-5-4-8-15(17)12-20/h4-5,8,10,16H,6-7,9,11,13-14H2,1-3H3. The van der Waals surface area contributed by atoms with Crippen LogP contribution >= 0.6 is 0 Å². The molecule has 0 saturated carbocycles. The monoisotopic (exact) mass is 394 g/mol. The second-order valence-corrected chi connectivity index (χ2v) is 9.33. The predicted molar refractivity (Wildman–Crippen MR) is 99.4 cm³/mol. The van der Waals surface area contributed by atoms with Crippen molar-refractivity contribution in [2.45, 2.75) is 56.6 Å². The van der Waals surface area contributed by atoms with E-state index in [0.717, 1.165) is 12.8 Å². The normalized spacial score (nSPS) is 18.7. The van der Waals surface area contributed by atoms with Crippen LogP contribution in [0.15, 0.2) is 29.2 Å². The Morgan fingerprint density at radius 1 is 1.30 bits per heavy atom. The van der Waals surface area contributed by atoms with Gasteiger partial charge in [-0.05, 0) is 45.7 Å².